The summed E-state index contributed by atoms with van der Waals surface area (Å²) in [6.45, 7) is 9.77. The van der Waals surface area contributed by atoms with Gasteiger partial charge in [0.2, 0.25) is 0 Å². The highest BCUT2D eigenvalue weighted by Gasteiger charge is 2.21. The van der Waals surface area contributed by atoms with Gasteiger partial charge in [-0.2, -0.15) is 0 Å². The first-order valence-corrected chi connectivity index (χ1v) is 9.05. The number of rotatable bonds is 6. The van der Waals surface area contributed by atoms with E-state index in [-0.39, 0.29) is 18.3 Å². The van der Waals surface area contributed by atoms with Crippen LogP contribution in [0.3, 0.4) is 0 Å². The summed E-state index contributed by atoms with van der Waals surface area (Å²) in [7, 11) is 1.70. The molecule has 0 aliphatic heterocycles. The molecule has 0 aliphatic carbocycles. The molecule has 7 heteroatoms. The fourth-order valence-corrected chi connectivity index (χ4v) is 2.67. The van der Waals surface area contributed by atoms with E-state index in [0.29, 0.717) is 24.4 Å². The van der Waals surface area contributed by atoms with E-state index in [2.05, 4.69) is 10.3 Å². The van der Waals surface area contributed by atoms with Gasteiger partial charge in [-0.1, -0.05) is 17.3 Å². The van der Waals surface area contributed by atoms with Crippen LogP contribution in [0.2, 0.25) is 0 Å². The summed E-state index contributed by atoms with van der Waals surface area (Å²) in [5, 5.41) is 8.19. The van der Waals surface area contributed by atoms with E-state index in [1.807, 2.05) is 58.9 Å². The van der Waals surface area contributed by atoms with Crippen molar-refractivity contribution >= 4 is 11.9 Å². The first-order valence-electron chi connectivity index (χ1n) is 9.05. The lowest BCUT2D eigenvalue weighted by molar-refractivity contribution is -0.154. The molecule has 2 rings (SSSR count). The van der Waals surface area contributed by atoms with Gasteiger partial charge in [-0.25, -0.2) is 4.68 Å². The molecule has 0 unspecified atom stereocenters. The average molecular weight is 372 g/mol. The summed E-state index contributed by atoms with van der Waals surface area (Å²) in [4.78, 5) is 26.0. The number of aromatic nitrogens is 3. The van der Waals surface area contributed by atoms with Crippen molar-refractivity contribution in [2.24, 2.45) is 0 Å². The Hall–Kier alpha value is -2.70. The van der Waals surface area contributed by atoms with E-state index < -0.39 is 5.60 Å². The molecule has 0 bridgehead atoms. The number of esters is 1. The van der Waals surface area contributed by atoms with Gasteiger partial charge in [0.05, 0.1) is 11.4 Å². The Morgan fingerprint density at radius 1 is 1.22 bits per heavy atom. The van der Waals surface area contributed by atoms with Crippen LogP contribution in [0.5, 0.6) is 0 Å². The van der Waals surface area contributed by atoms with Gasteiger partial charge in [0, 0.05) is 20.0 Å². The molecule has 0 spiro atoms. The zero-order valence-corrected chi connectivity index (χ0v) is 16.9. The molecule has 27 heavy (non-hydrogen) atoms. The molecule has 0 fully saturated rings. The normalized spacial score (nSPS) is 11.3. The number of hydrogen-bond donors (Lipinski definition) is 0. The highest BCUT2D eigenvalue weighted by atomic mass is 16.6. The number of benzene rings is 1. The van der Waals surface area contributed by atoms with Gasteiger partial charge in [0.1, 0.15) is 5.60 Å². The molecule has 146 valence electrons. The first-order chi connectivity index (χ1) is 12.6. The Labute approximate surface area is 160 Å². The van der Waals surface area contributed by atoms with Crippen molar-refractivity contribution < 1.29 is 14.3 Å². The van der Waals surface area contributed by atoms with Gasteiger partial charge >= 0.3 is 5.97 Å². The van der Waals surface area contributed by atoms with Crippen molar-refractivity contribution in [1.29, 1.82) is 0 Å². The summed E-state index contributed by atoms with van der Waals surface area (Å²) < 4.78 is 6.94. The molecule has 1 aromatic carbocycles. The lowest BCUT2D eigenvalue weighted by atomic mass is 10.2. The molecule has 1 heterocycles. The van der Waals surface area contributed by atoms with Crippen molar-refractivity contribution in [3.8, 4) is 5.69 Å². The van der Waals surface area contributed by atoms with E-state index in [4.69, 9.17) is 4.74 Å². The van der Waals surface area contributed by atoms with Crippen molar-refractivity contribution in [2.75, 3.05) is 13.6 Å². The van der Waals surface area contributed by atoms with E-state index in [9.17, 15) is 9.59 Å². The van der Waals surface area contributed by atoms with Crippen LogP contribution in [0, 0.1) is 13.8 Å². The lowest BCUT2D eigenvalue weighted by Gasteiger charge is -2.20. The minimum absolute atomic E-state index is 0.212. The Balaban J connectivity index is 1.98. The van der Waals surface area contributed by atoms with Gasteiger partial charge < -0.3 is 9.64 Å². The maximum atomic E-state index is 12.7. The van der Waals surface area contributed by atoms with Crippen LogP contribution in [0.4, 0.5) is 0 Å². The van der Waals surface area contributed by atoms with Gasteiger partial charge in [-0.15, -0.1) is 5.10 Å². The van der Waals surface area contributed by atoms with E-state index in [0.717, 1.165) is 11.3 Å². The Morgan fingerprint density at radius 3 is 2.56 bits per heavy atom. The molecule has 0 saturated heterocycles. The van der Waals surface area contributed by atoms with Crippen LogP contribution in [-0.2, 0) is 9.53 Å². The highest BCUT2D eigenvalue weighted by Crippen LogP contribution is 2.15. The van der Waals surface area contributed by atoms with Crippen LogP contribution in [0.15, 0.2) is 24.3 Å². The maximum Gasteiger partial charge on any atom is 0.306 e. The van der Waals surface area contributed by atoms with Gasteiger partial charge in [0.25, 0.3) is 5.91 Å². The number of hydrogen-bond acceptors (Lipinski definition) is 5. The third-order valence-corrected chi connectivity index (χ3v) is 3.98. The summed E-state index contributed by atoms with van der Waals surface area (Å²) in [5.41, 5.74) is 2.48. The smallest absolute Gasteiger partial charge is 0.306 e. The summed E-state index contributed by atoms with van der Waals surface area (Å²) in [6, 6.07) is 7.85. The molecular weight excluding hydrogens is 344 g/mol. The van der Waals surface area contributed by atoms with E-state index >= 15 is 0 Å². The molecule has 7 nitrogen and oxygen atoms in total. The maximum absolute atomic E-state index is 12.7. The number of aryl methyl sites for hydroxylation is 1. The zero-order chi connectivity index (χ0) is 20.2. The molecule has 0 atom stereocenters. The summed E-state index contributed by atoms with van der Waals surface area (Å²) in [5.74, 6) is -0.472. The van der Waals surface area contributed by atoms with Gasteiger partial charge in [0.15, 0.2) is 5.69 Å². The molecule has 2 aromatic rings. The Bertz CT molecular complexity index is 821. The topological polar surface area (TPSA) is 77.3 Å². The standard InChI is InChI=1S/C20H28N4O3/c1-14-9-7-10-16(13-14)24-15(2)18(21-22-24)19(26)23(6)12-8-11-17(25)27-20(3,4)5/h7,9-10,13H,8,11-12H2,1-6H3. The minimum atomic E-state index is -0.496. The second kappa shape index (κ2) is 8.33. The van der Waals surface area contributed by atoms with Gasteiger partial charge in [-0.3, -0.25) is 9.59 Å². The monoisotopic (exact) mass is 372 g/mol. The predicted molar refractivity (Wildman–Crippen MR) is 103 cm³/mol. The van der Waals surface area contributed by atoms with Crippen LogP contribution in [0.25, 0.3) is 5.69 Å². The minimum Gasteiger partial charge on any atom is -0.460 e. The molecule has 0 radical (unpaired) electrons. The predicted octanol–water partition coefficient (Wildman–Crippen LogP) is 3.08. The second-order valence-corrected chi connectivity index (χ2v) is 7.69. The fourth-order valence-electron chi connectivity index (χ4n) is 2.67. The average Bonchev–Trinajstić information content (AvgIpc) is 2.94. The number of carbonyl (C=O) groups excluding carboxylic acids is 2. The second-order valence-electron chi connectivity index (χ2n) is 7.69. The number of amides is 1. The van der Waals surface area contributed by atoms with Gasteiger partial charge in [-0.05, 0) is 58.7 Å². The van der Waals surface area contributed by atoms with Crippen LogP contribution in [-0.4, -0.2) is 51.0 Å². The van der Waals surface area contributed by atoms with Crippen molar-refractivity contribution in [1.82, 2.24) is 19.9 Å². The molecule has 1 aromatic heterocycles. The third kappa shape index (κ3) is 5.64. The summed E-state index contributed by atoms with van der Waals surface area (Å²) in [6.07, 6.45) is 0.798. The molecule has 0 aliphatic rings. The van der Waals surface area contributed by atoms with E-state index in [1.54, 1.807) is 16.6 Å². The zero-order valence-electron chi connectivity index (χ0n) is 16.9. The molecule has 0 saturated carbocycles. The molecule has 1 amide bonds. The van der Waals surface area contributed by atoms with Crippen molar-refractivity contribution in [2.45, 2.75) is 53.1 Å². The Kier molecular flexibility index (Phi) is 6.36. The largest absolute Gasteiger partial charge is 0.460 e. The fraction of sp³-hybridized carbons (Fsp3) is 0.500. The number of nitrogens with zero attached hydrogens (tertiary/aromatic N) is 4. The van der Waals surface area contributed by atoms with Crippen LogP contribution >= 0.6 is 0 Å². The molecule has 0 N–H and O–H groups in total. The number of carbonyl (C=O) groups is 2. The number of ether oxygens (including phenoxy) is 1. The lowest BCUT2D eigenvalue weighted by Crippen LogP contribution is -2.30. The van der Waals surface area contributed by atoms with Crippen LogP contribution in [0.1, 0.15) is 55.4 Å². The first kappa shape index (κ1) is 20.6. The summed E-state index contributed by atoms with van der Waals surface area (Å²) >= 11 is 0. The Morgan fingerprint density at radius 2 is 1.93 bits per heavy atom. The van der Waals surface area contributed by atoms with Crippen molar-refractivity contribution in [3.05, 3.63) is 41.2 Å². The quantitative estimate of drug-likeness (QED) is 0.728. The van der Waals surface area contributed by atoms with Crippen molar-refractivity contribution in [3.63, 3.8) is 0 Å². The third-order valence-electron chi connectivity index (χ3n) is 3.98. The van der Waals surface area contributed by atoms with Crippen LogP contribution < -0.4 is 0 Å². The van der Waals surface area contributed by atoms with E-state index in [1.165, 1.54) is 0 Å². The SMILES string of the molecule is Cc1cccc(-n2nnc(C(=O)N(C)CCCC(=O)OC(C)(C)C)c2C)c1. The highest BCUT2D eigenvalue weighted by molar-refractivity contribution is 5.93. The molecular formula is C20H28N4O3.